The van der Waals surface area contributed by atoms with Gasteiger partial charge in [-0.25, -0.2) is 4.39 Å². The summed E-state index contributed by atoms with van der Waals surface area (Å²) in [5.41, 5.74) is 1.46. The Hall–Kier alpha value is -2.64. The van der Waals surface area contributed by atoms with Crippen LogP contribution in [0.4, 0.5) is 10.1 Å². The Morgan fingerprint density at radius 1 is 1.16 bits per heavy atom. The molecule has 0 saturated carbocycles. The first-order valence-electron chi connectivity index (χ1n) is 11.1. The Morgan fingerprint density at radius 2 is 1.94 bits per heavy atom. The molecule has 1 heterocycles. The lowest BCUT2D eigenvalue weighted by Crippen LogP contribution is -2.30. The molecule has 170 valence electrons. The predicted octanol–water partition coefficient (Wildman–Crippen LogP) is 5.15. The lowest BCUT2D eigenvalue weighted by molar-refractivity contribution is -0.112. The fraction of sp³-hybridized carbons (Fsp3) is 0.360. The van der Waals surface area contributed by atoms with Crippen molar-refractivity contribution < 1.29 is 14.0 Å². The number of unbranched alkanes of at least 4 members (excludes halogenated alkanes) is 1. The largest absolute Gasteiger partial charge is 0.352 e. The lowest BCUT2D eigenvalue weighted by Gasteiger charge is -2.20. The second kappa shape index (κ2) is 11.8. The summed E-state index contributed by atoms with van der Waals surface area (Å²) in [6, 6.07) is 11.6. The van der Waals surface area contributed by atoms with Crippen LogP contribution in [0.25, 0.3) is 6.08 Å². The smallest absolute Gasteiger partial charge is 0.262 e. The molecule has 0 aliphatic carbocycles. The minimum absolute atomic E-state index is 0.156. The number of benzene rings is 2. The molecule has 2 amide bonds. The van der Waals surface area contributed by atoms with Crippen molar-refractivity contribution in [3.8, 4) is 0 Å². The van der Waals surface area contributed by atoms with Crippen LogP contribution in [-0.2, 0) is 4.79 Å². The molecule has 3 rings (SSSR count). The minimum atomic E-state index is -0.376. The van der Waals surface area contributed by atoms with E-state index in [-0.39, 0.29) is 17.6 Å². The monoisotopic (exact) mass is 455 g/mol. The summed E-state index contributed by atoms with van der Waals surface area (Å²) in [4.78, 5) is 28.7. The predicted molar refractivity (Wildman–Crippen MR) is 129 cm³/mol. The highest BCUT2D eigenvalue weighted by molar-refractivity contribution is 8.04. The molecule has 0 radical (unpaired) electrons. The van der Waals surface area contributed by atoms with Gasteiger partial charge in [0, 0.05) is 22.6 Å². The van der Waals surface area contributed by atoms with Gasteiger partial charge < -0.3 is 15.5 Å². The first kappa shape index (κ1) is 24.0. The van der Waals surface area contributed by atoms with Crippen LogP contribution in [0.2, 0.25) is 0 Å². The Bertz CT molecular complexity index is 993. The zero-order valence-corrected chi connectivity index (χ0v) is 19.4. The number of hydrogen-bond acceptors (Lipinski definition) is 4. The SMILES string of the molecule is CCCCN(CC)CCCNC(=O)c1ccc2c(c1)NC(=O)/C(=C\c1ccccc1F)S2. The Labute approximate surface area is 193 Å². The minimum Gasteiger partial charge on any atom is -0.352 e. The number of carbonyl (C=O) groups is 2. The summed E-state index contributed by atoms with van der Waals surface area (Å²) in [7, 11) is 0. The standard InChI is InChI=1S/C25H30FN3O2S/c1-3-5-14-29(4-2)15-8-13-27-24(30)19-11-12-22-21(16-19)28-25(31)23(32-22)17-18-9-6-7-10-20(18)26/h6-7,9-12,16-17H,3-5,8,13-15H2,1-2H3,(H,27,30)(H,28,31)/b23-17+. The molecule has 0 atom stereocenters. The maximum Gasteiger partial charge on any atom is 0.262 e. The summed E-state index contributed by atoms with van der Waals surface area (Å²) >= 11 is 1.27. The fourth-order valence-corrected chi connectivity index (χ4v) is 4.37. The third-order valence-electron chi connectivity index (χ3n) is 5.34. The summed E-state index contributed by atoms with van der Waals surface area (Å²) < 4.78 is 13.9. The third-order valence-corrected chi connectivity index (χ3v) is 6.44. The van der Waals surface area contributed by atoms with Crippen LogP contribution >= 0.6 is 11.8 Å². The van der Waals surface area contributed by atoms with E-state index in [0.717, 1.165) is 31.0 Å². The number of rotatable bonds is 10. The van der Waals surface area contributed by atoms with Crippen molar-refractivity contribution >= 4 is 35.3 Å². The number of fused-ring (bicyclic) bond motifs is 1. The van der Waals surface area contributed by atoms with Crippen molar-refractivity contribution in [1.29, 1.82) is 0 Å². The van der Waals surface area contributed by atoms with E-state index < -0.39 is 0 Å². The quantitative estimate of drug-likeness (QED) is 0.384. The van der Waals surface area contributed by atoms with Crippen molar-refractivity contribution in [2.24, 2.45) is 0 Å². The summed E-state index contributed by atoms with van der Waals surface area (Å²) in [6.07, 6.45) is 4.81. The highest BCUT2D eigenvalue weighted by Crippen LogP contribution is 2.39. The Balaban J connectivity index is 1.58. The molecule has 5 nitrogen and oxygen atoms in total. The molecule has 1 aliphatic heterocycles. The highest BCUT2D eigenvalue weighted by atomic mass is 32.2. The van der Waals surface area contributed by atoms with Gasteiger partial charge in [0.05, 0.1) is 10.6 Å². The summed E-state index contributed by atoms with van der Waals surface area (Å²) in [5.74, 6) is -0.843. The number of halogens is 1. The van der Waals surface area contributed by atoms with E-state index in [1.165, 1.54) is 30.7 Å². The fourth-order valence-electron chi connectivity index (χ4n) is 3.45. The van der Waals surface area contributed by atoms with Crippen LogP contribution in [0.1, 0.15) is 49.0 Å². The molecule has 0 spiro atoms. The van der Waals surface area contributed by atoms with E-state index in [0.29, 0.717) is 28.3 Å². The molecule has 0 aromatic heterocycles. The molecule has 0 fully saturated rings. The molecular weight excluding hydrogens is 425 g/mol. The number of thioether (sulfide) groups is 1. The average Bonchev–Trinajstić information content (AvgIpc) is 2.80. The number of hydrogen-bond donors (Lipinski definition) is 2. The first-order valence-corrected chi connectivity index (χ1v) is 11.9. The van der Waals surface area contributed by atoms with Crippen LogP contribution in [0.3, 0.4) is 0 Å². The van der Waals surface area contributed by atoms with Crippen LogP contribution < -0.4 is 10.6 Å². The Morgan fingerprint density at radius 3 is 2.69 bits per heavy atom. The lowest BCUT2D eigenvalue weighted by atomic mass is 10.1. The van der Waals surface area contributed by atoms with Crippen molar-refractivity contribution in [1.82, 2.24) is 10.2 Å². The third kappa shape index (κ3) is 6.43. The van der Waals surface area contributed by atoms with Crippen LogP contribution in [0, 0.1) is 5.82 Å². The van der Waals surface area contributed by atoms with Gasteiger partial charge >= 0.3 is 0 Å². The van der Waals surface area contributed by atoms with Gasteiger partial charge in [0.1, 0.15) is 5.82 Å². The van der Waals surface area contributed by atoms with Gasteiger partial charge in [-0.2, -0.15) is 0 Å². The van der Waals surface area contributed by atoms with E-state index in [2.05, 4.69) is 29.4 Å². The van der Waals surface area contributed by atoms with Gasteiger partial charge in [-0.15, -0.1) is 0 Å². The topological polar surface area (TPSA) is 61.4 Å². The van der Waals surface area contributed by atoms with E-state index in [9.17, 15) is 14.0 Å². The molecule has 1 aliphatic rings. The molecule has 0 unspecified atom stereocenters. The molecule has 7 heteroatoms. The summed E-state index contributed by atoms with van der Waals surface area (Å²) in [6.45, 7) is 8.03. The van der Waals surface area contributed by atoms with Crippen molar-refractivity contribution in [3.63, 3.8) is 0 Å². The van der Waals surface area contributed by atoms with E-state index in [4.69, 9.17) is 0 Å². The van der Waals surface area contributed by atoms with Crippen molar-refractivity contribution in [2.75, 3.05) is 31.5 Å². The van der Waals surface area contributed by atoms with Gasteiger partial charge in [-0.1, -0.05) is 50.2 Å². The maximum atomic E-state index is 13.9. The molecule has 2 aromatic rings. The number of anilines is 1. The van der Waals surface area contributed by atoms with E-state index >= 15 is 0 Å². The zero-order valence-electron chi connectivity index (χ0n) is 18.6. The second-order valence-electron chi connectivity index (χ2n) is 7.69. The van der Waals surface area contributed by atoms with E-state index in [1.54, 1.807) is 36.4 Å². The first-order chi connectivity index (χ1) is 15.5. The number of nitrogens with zero attached hydrogens (tertiary/aromatic N) is 1. The second-order valence-corrected chi connectivity index (χ2v) is 8.78. The van der Waals surface area contributed by atoms with Gasteiger partial charge in [0.2, 0.25) is 0 Å². The molecule has 32 heavy (non-hydrogen) atoms. The van der Waals surface area contributed by atoms with Crippen LogP contribution in [-0.4, -0.2) is 42.9 Å². The normalized spacial score (nSPS) is 14.4. The van der Waals surface area contributed by atoms with E-state index in [1.807, 2.05) is 6.07 Å². The van der Waals surface area contributed by atoms with Gasteiger partial charge in [-0.05, 0) is 62.8 Å². The molecule has 2 aromatic carbocycles. The molecule has 2 N–H and O–H groups in total. The van der Waals surface area contributed by atoms with Gasteiger partial charge in [0.25, 0.3) is 11.8 Å². The van der Waals surface area contributed by atoms with Crippen LogP contribution in [0.15, 0.2) is 52.3 Å². The van der Waals surface area contributed by atoms with Crippen LogP contribution in [0.5, 0.6) is 0 Å². The van der Waals surface area contributed by atoms with Gasteiger partial charge in [0.15, 0.2) is 0 Å². The maximum absolute atomic E-state index is 13.9. The van der Waals surface area contributed by atoms with Crippen molar-refractivity contribution in [3.05, 3.63) is 64.3 Å². The zero-order chi connectivity index (χ0) is 22.9. The summed E-state index contributed by atoms with van der Waals surface area (Å²) in [5, 5.41) is 5.78. The van der Waals surface area contributed by atoms with Gasteiger partial charge in [-0.3, -0.25) is 9.59 Å². The highest BCUT2D eigenvalue weighted by Gasteiger charge is 2.22. The number of nitrogens with one attached hydrogen (secondary N) is 2. The number of amides is 2. The average molecular weight is 456 g/mol. The molecule has 0 saturated heterocycles. The Kier molecular flexibility index (Phi) is 8.88. The number of carbonyl (C=O) groups excluding carboxylic acids is 2. The molecular formula is C25H30FN3O2S. The van der Waals surface area contributed by atoms with Crippen molar-refractivity contribution in [2.45, 2.75) is 38.0 Å². The molecule has 0 bridgehead atoms.